The summed E-state index contributed by atoms with van der Waals surface area (Å²) in [6.45, 7) is 0. The molecule has 0 spiro atoms. The molecule has 1 N–H and O–H groups in total. The van der Waals surface area contributed by atoms with Crippen LogP contribution in [0.2, 0.25) is 0 Å². The number of unbranched alkanes of at least 4 members (excludes halogenated alkanes) is 1. The molecule has 20 heavy (non-hydrogen) atoms. The zero-order valence-electron chi connectivity index (χ0n) is 11.7. The Labute approximate surface area is 121 Å². The molecule has 0 unspecified atom stereocenters. The van der Waals surface area contributed by atoms with Gasteiger partial charge in [-0.3, -0.25) is 4.55 Å². The molecule has 1 aliphatic carbocycles. The first-order valence-electron chi connectivity index (χ1n) is 7.27. The first-order valence-corrected chi connectivity index (χ1v) is 8.78. The Morgan fingerprint density at radius 2 is 1.80 bits per heavy atom. The van der Waals surface area contributed by atoms with Gasteiger partial charge in [0.1, 0.15) is 0 Å². The van der Waals surface area contributed by atoms with Crippen LogP contribution in [-0.4, -0.2) is 13.0 Å². The Bertz CT molecular complexity index is 538. The van der Waals surface area contributed by atoms with Crippen LogP contribution in [0.4, 0.5) is 0 Å². The van der Waals surface area contributed by atoms with Crippen molar-refractivity contribution in [3.05, 3.63) is 46.9 Å². The molecule has 0 atom stereocenters. The van der Waals surface area contributed by atoms with Crippen molar-refractivity contribution in [2.45, 2.75) is 50.9 Å². The van der Waals surface area contributed by atoms with E-state index < -0.39 is 10.1 Å². The molecule has 3 nitrogen and oxygen atoms in total. The highest BCUT2D eigenvalue weighted by Gasteiger charge is 2.16. The van der Waals surface area contributed by atoms with E-state index in [1.54, 1.807) is 0 Å². The lowest BCUT2D eigenvalue weighted by Gasteiger charge is -2.10. The van der Waals surface area contributed by atoms with Crippen molar-refractivity contribution in [1.29, 1.82) is 0 Å². The summed E-state index contributed by atoms with van der Waals surface area (Å²) in [5.74, 6) is 0.752. The number of benzene rings is 1. The van der Waals surface area contributed by atoms with E-state index in [4.69, 9.17) is 4.55 Å². The van der Waals surface area contributed by atoms with Gasteiger partial charge in [0.15, 0.2) is 0 Å². The van der Waals surface area contributed by atoms with Crippen LogP contribution >= 0.6 is 0 Å². The smallest absolute Gasteiger partial charge is 0.282 e. The number of rotatable bonds is 6. The summed E-state index contributed by atoms with van der Waals surface area (Å²) in [6, 6.07) is 8.83. The van der Waals surface area contributed by atoms with Gasteiger partial charge in [0.05, 0.1) is 5.41 Å². The maximum absolute atomic E-state index is 10.5. The normalized spacial score (nSPS) is 17.1. The van der Waals surface area contributed by atoms with Gasteiger partial charge in [-0.05, 0) is 49.1 Å². The third-order valence-corrected chi connectivity index (χ3v) is 4.45. The number of hydrogen-bond acceptors (Lipinski definition) is 2. The maximum Gasteiger partial charge on any atom is 0.287 e. The molecule has 110 valence electrons. The summed E-state index contributed by atoms with van der Waals surface area (Å²) in [4.78, 5) is 0. The molecule has 0 saturated heterocycles. The van der Waals surface area contributed by atoms with E-state index in [0.29, 0.717) is 6.42 Å². The summed E-state index contributed by atoms with van der Waals surface area (Å²) < 4.78 is 29.5. The van der Waals surface area contributed by atoms with Gasteiger partial charge in [-0.15, -0.1) is 0 Å². The molecule has 0 radical (unpaired) electrons. The Morgan fingerprint density at radius 1 is 1.15 bits per heavy atom. The number of aryl methyl sites for hydroxylation is 1. The fourth-order valence-electron chi connectivity index (χ4n) is 2.83. The van der Waals surface area contributed by atoms with Crippen LogP contribution in [-0.2, 0) is 16.5 Å². The molecule has 2 rings (SSSR count). The minimum absolute atomic E-state index is 0.657. The zero-order valence-corrected chi connectivity index (χ0v) is 12.5. The summed E-state index contributed by atoms with van der Waals surface area (Å²) in [6.07, 6.45) is 9.32. The molecule has 1 aliphatic rings. The van der Waals surface area contributed by atoms with Crippen molar-refractivity contribution in [2.24, 2.45) is 0 Å². The molecule has 0 aliphatic heterocycles. The van der Waals surface area contributed by atoms with E-state index >= 15 is 0 Å². The SMILES string of the molecule is O=S(=O)(O)C=CCCCc1ccc(C2CCCC2)cc1. The second kappa shape index (κ2) is 7.04. The van der Waals surface area contributed by atoms with E-state index in [2.05, 4.69) is 24.3 Å². The lowest BCUT2D eigenvalue weighted by atomic mass is 9.96. The van der Waals surface area contributed by atoms with Crippen LogP contribution in [0, 0.1) is 0 Å². The van der Waals surface area contributed by atoms with Crippen molar-refractivity contribution >= 4 is 10.1 Å². The topological polar surface area (TPSA) is 54.4 Å². The maximum atomic E-state index is 10.5. The van der Waals surface area contributed by atoms with Gasteiger partial charge in [-0.2, -0.15) is 8.42 Å². The van der Waals surface area contributed by atoms with Crippen LogP contribution < -0.4 is 0 Å². The fraction of sp³-hybridized carbons (Fsp3) is 0.500. The van der Waals surface area contributed by atoms with Crippen LogP contribution in [0.25, 0.3) is 0 Å². The zero-order chi connectivity index (χ0) is 14.4. The third kappa shape index (κ3) is 5.10. The largest absolute Gasteiger partial charge is 0.287 e. The molecular formula is C16H22O3S. The van der Waals surface area contributed by atoms with Gasteiger partial charge in [0, 0.05) is 0 Å². The average molecular weight is 294 g/mol. The second-order valence-corrected chi connectivity index (χ2v) is 6.80. The molecule has 1 aromatic rings. The first-order chi connectivity index (χ1) is 9.54. The summed E-state index contributed by atoms with van der Waals surface area (Å²) in [5, 5.41) is 0.857. The Hall–Kier alpha value is -1.13. The second-order valence-electron chi connectivity index (χ2n) is 5.50. The monoisotopic (exact) mass is 294 g/mol. The highest BCUT2D eigenvalue weighted by atomic mass is 32.2. The molecule has 0 heterocycles. The van der Waals surface area contributed by atoms with Gasteiger partial charge in [-0.1, -0.05) is 43.2 Å². The molecule has 4 heteroatoms. The minimum Gasteiger partial charge on any atom is -0.282 e. The molecule has 0 aromatic heterocycles. The van der Waals surface area contributed by atoms with Crippen molar-refractivity contribution < 1.29 is 13.0 Å². The van der Waals surface area contributed by atoms with E-state index in [9.17, 15) is 8.42 Å². The Kier molecular flexibility index (Phi) is 5.38. The van der Waals surface area contributed by atoms with Crippen LogP contribution in [0.5, 0.6) is 0 Å². The quantitative estimate of drug-likeness (QED) is 0.635. The predicted octanol–water partition coefficient (Wildman–Crippen LogP) is 4.07. The molecule has 1 saturated carbocycles. The van der Waals surface area contributed by atoms with Crippen LogP contribution in [0.15, 0.2) is 35.7 Å². The van der Waals surface area contributed by atoms with Gasteiger partial charge in [0.25, 0.3) is 10.1 Å². The van der Waals surface area contributed by atoms with Crippen LogP contribution in [0.3, 0.4) is 0 Å². The first kappa shape index (κ1) is 15.3. The van der Waals surface area contributed by atoms with E-state index in [-0.39, 0.29) is 0 Å². The minimum atomic E-state index is -3.96. The molecule has 0 amide bonds. The summed E-state index contributed by atoms with van der Waals surface area (Å²) in [7, 11) is -3.96. The van der Waals surface area contributed by atoms with Gasteiger partial charge >= 0.3 is 0 Å². The summed E-state index contributed by atoms with van der Waals surface area (Å²) in [5.41, 5.74) is 2.74. The molecule has 1 fully saturated rings. The average Bonchev–Trinajstić information content (AvgIpc) is 2.92. The lowest BCUT2D eigenvalue weighted by Crippen LogP contribution is -1.93. The third-order valence-electron chi connectivity index (χ3n) is 3.91. The van der Waals surface area contributed by atoms with Gasteiger partial charge in [0.2, 0.25) is 0 Å². The van der Waals surface area contributed by atoms with Crippen LogP contribution in [0.1, 0.15) is 55.6 Å². The van der Waals surface area contributed by atoms with Crippen molar-refractivity contribution in [1.82, 2.24) is 0 Å². The Balaban J connectivity index is 1.78. The van der Waals surface area contributed by atoms with Crippen molar-refractivity contribution in [3.63, 3.8) is 0 Å². The standard InChI is InChI=1S/C16H22O3S/c17-20(18,19)13-5-1-2-6-14-9-11-16(12-10-14)15-7-3-4-8-15/h5,9-13,15H,1-4,6-8H2,(H,17,18,19). The summed E-state index contributed by atoms with van der Waals surface area (Å²) >= 11 is 0. The number of allylic oxidation sites excluding steroid dienone is 1. The van der Waals surface area contributed by atoms with Gasteiger partial charge in [-0.25, -0.2) is 0 Å². The fourth-order valence-corrected chi connectivity index (χ4v) is 3.21. The molecule has 1 aromatic carbocycles. The number of hydrogen-bond donors (Lipinski definition) is 1. The molecular weight excluding hydrogens is 272 g/mol. The predicted molar refractivity (Wildman–Crippen MR) is 81.3 cm³/mol. The van der Waals surface area contributed by atoms with E-state index in [0.717, 1.165) is 24.2 Å². The van der Waals surface area contributed by atoms with E-state index in [1.165, 1.54) is 42.9 Å². The van der Waals surface area contributed by atoms with Crippen molar-refractivity contribution in [2.75, 3.05) is 0 Å². The highest BCUT2D eigenvalue weighted by molar-refractivity contribution is 7.88. The van der Waals surface area contributed by atoms with Crippen molar-refractivity contribution in [3.8, 4) is 0 Å². The molecule has 0 bridgehead atoms. The Morgan fingerprint density at radius 3 is 2.40 bits per heavy atom. The highest BCUT2D eigenvalue weighted by Crippen LogP contribution is 2.34. The van der Waals surface area contributed by atoms with E-state index in [1.807, 2.05) is 0 Å². The lowest BCUT2D eigenvalue weighted by molar-refractivity contribution is 0.494. The van der Waals surface area contributed by atoms with Gasteiger partial charge < -0.3 is 0 Å².